The Bertz CT molecular complexity index is 446. The SMILES string of the molecule is C=CCOC(=O)C(=[NH2+])c1cc(Br)ccc1F. The Kier molecular flexibility index (Phi) is 4.37. The smallest absolute Gasteiger partial charge is 0.404 e. The largest absolute Gasteiger partial charge is 0.454 e. The minimum absolute atomic E-state index is 0.0171. The monoisotopic (exact) mass is 286 g/mol. The molecule has 0 saturated heterocycles. The van der Waals surface area contributed by atoms with Crippen LogP contribution < -0.4 is 5.41 Å². The number of carbonyl (C=O) groups is 1. The van der Waals surface area contributed by atoms with Crippen LogP contribution >= 0.6 is 15.9 Å². The van der Waals surface area contributed by atoms with Gasteiger partial charge in [-0.25, -0.2) is 14.6 Å². The molecule has 0 radical (unpaired) electrons. The molecule has 0 heterocycles. The summed E-state index contributed by atoms with van der Waals surface area (Å²) in [5, 5.41) is 5.50. The fraction of sp³-hybridized carbons (Fsp3) is 0.0909. The maximum Gasteiger partial charge on any atom is 0.404 e. The van der Waals surface area contributed by atoms with Crippen molar-refractivity contribution in [3.8, 4) is 0 Å². The highest BCUT2D eigenvalue weighted by Gasteiger charge is 2.22. The average Bonchev–Trinajstić information content (AvgIpc) is 2.28. The van der Waals surface area contributed by atoms with Crippen molar-refractivity contribution in [3.63, 3.8) is 0 Å². The number of hydrogen-bond acceptors (Lipinski definition) is 2. The third-order valence-corrected chi connectivity index (χ3v) is 2.26. The van der Waals surface area contributed by atoms with Crippen LogP contribution in [0, 0.1) is 5.82 Å². The van der Waals surface area contributed by atoms with E-state index in [4.69, 9.17) is 10.1 Å². The first-order valence-electron chi connectivity index (χ1n) is 4.42. The van der Waals surface area contributed by atoms with Crippen molar-refractivity contribution in [1.29, 1.82) is 0 Å². The number of carbonyl (C=O) groups excluding carboxylic acids is 1. The lowest BCUT2D eigenvalue weighted by Gasteiger charge is -2.01. The van der Waals surface area contributed by atoms with Gasteiger partial charge in [0, 0.05) is 4.47 Å². The molecule has 0 fully saturated rings. The van der Waals surface area contributed by atoms with E-state index in [9.17, 15) is 9.18 Å². The van der Waals surface area contributed by atoms with E-state index in [0.717, 1.165) is 0 Å². The Morgan fingerprint density at radius 3 is 2.94 bits per heavy atom. The fourth-order valence-corrected chi connectivity index (χ4v) is 1.39. The predicted molar refractivity (Wildman–Crippen MR) is 61.3 cm³/mol. The maximum atomic E-state index is 13.4. The van der Waals surface area contributed by atoms with Crippen LogP contribution in [0.5, 0.6) is 0 Å². The molecule has 3 nitrogen and oxygen atoms in total. The Morgan fingerprint density at radius 2 is 2.31 bits per heavy atom. The summed E-state index contributed by atoms with van der Waals surface area (Å²) in [6.45, 7) is 3.42. The summed E-state index contributed by atoms with van der Waals surface area (Å²) in [5.74, 6) is -1.34. The van der Waals surface area contributed by atoms with E-state index >= 15 is 0 Å². The quantitative estimate of drug-likeness (QED) is 0.507. The van der Waals surface area contributed by atoms with Crippen LogP contribution in [0.3, 0.4) is 0 Å². The zero-order valence-corrected chi connectivity index (χ0v) is 9.96. The van der Waals surface area contributed by atoms with Gasteiger partial charge in [-0.15, -0.1) is 0 Å². The predicted octanol–water partition coefficient (Wildman–Crippen LogP) is 0.866. The van der Waals surface area contributed by atoms with Gasteiger partial charge in [0.15, 0.2) is 0 Å². The lowest BCUT2D eigenvalue weighted by atomic mass is 10.1. The number of hydrogen-bond donors (Lipinski definition) is 1. The highest BCUT2D eigenvalue weighted by Crippen LogP contribution is 2.15. The Balaban J connectivity index is 2.91. The summed E-state index contributed by atoms with van der Waals surface area (Å²) in [4.78, 5) is 11.4. The lowest BCUT2D eigenvalue weighted by Crippen LogP contribution is -2.46. The average molecular weight is 287 g/mol. The van der Waals surface area contributed by atoms with E-state index in [1.807, 2.05) is 0 Å². The molecular weight excluding hydrogens is 277 g/mol. The van der Waals surface area contributed by atoms with E-state index in [1.165, 1.54) is 24.3 Å². The molecule has 0 unspecified atom stereocenters. The minimum Gasteiger partial charge on any atom is -0.454 e. The van der Waals surface area contributed by atoms with Crippen LogP contribution in [-0.4, -0.2) is 18.3 Å². The first kappa shape index (κ1) is 12.6. The van der Waals surface area contributed by atoms with Gasteiger partial charge in [0.25, 0.3) is 5.71 Å². The summed E-state index contributed by atoms with van der Waals surface area (Å²) >= 11 is 3.16. The Morgan fingerprint density at radius 1 is 1.62 bits per heavy atom. The van der Waals surface area contributed by atoms with Crippen molar-refractivity contribution in [2.75, 3.05) is 6.61 Å². The van der Waals surface area contributed by atoms with Crippen molar-refractivity contribution in [3.05, 3.63) is 46.7 Å². The third-order valence-electron chi connectivity index (χ3n) is 1.77. The van der Waals surface area contributed by atoms with Crippen LogP contribution in [0.25, 0.3) is 0 Å². The van der Waals surface area contributed by atoms with Crippen LogP contribution in [0.2, 0.25) is 0 Å². The van der Waals surface area contributed by atoms with Crippen LogP contribution in [0.1, 0.15) is 5.56 Å². The standard InChI is InChI=1S/C11H9BrFNO2/c1-2-5-16-11(15)10(14)8-6-7(12)3-4-9(8)13/h2-4,6,14H,1,5H2/p+1. The molecule has 16 heavy (non-hydrogen) atoms. The summed E-state index contributed by atoms with van der Waals surface area (Å²) in [7, 11) is 0. The van der Waals surface area contributed by atoms with E-state index in [0.29, 0.717) is 4.47 Å². The zero-order chi connectivity index (χ0) is 12.1. The summed E-state index contributed by atoms with van der Waals surface area (Å²) in [6.07, 6.45) is 1.41. The fourth-order valence-electron chi connectivity index (χ4n) is 1.03. The van der Waals surface area contributed by atoms with Crippen LogP contribution in [-0.2, 0) is 9.53 Å². The summed E-state index contributed by atoms with van der Waals surface area (Å²) in [5.41, 5.74) is -0.246. The number of halogens is 2. The van der Waals surface area contributed by atoms with Crippen molar-refractivity contribution < 1.29 is 19.3 Å². The number of nitrogens with two attached hydrogens (primary N) is 1. The van der Waals surface area contributed by atoms with Gasteiger partial charge in [0.1, 0.15) is 12.4 Å². The molecule has 5 heteroatoms. The Hall–Kier alpha value is -1.49. The molecular formula is C11H10BrFNO2+. The minimum atomic E-state index is -0.767. The molecule has 1 aromatic carbocycles. The maximum absolute atomic E-state index is 13.4. The molecule has 0 atom stereocenters. The van der Waals surface area contributed by atoms with Crippen LogP contribution in [0.4, 0.5) is 4.39 Å². The second kappa shape index (κ2) is 5.55. The topological polar surface area (TPSA) is 51.9 Å². The molecule has 0 amide bonds. The van der Waals surface area contributed by atoms with E-state index in [1.54, 1.807) is 0 Å². The molecule has 1 aromatic rings. The van der Waals surface area contributed by atoms with Gasteiger partial charge in [-0.2, -0.15) is 0 Å². The van der Waals surface area contributed by atoms with E-state index in [2.05, 4.69) is 22.5 Å². The van der Waals surface area contributed by atoms with Crippen molar-refractivity contribution in [2.24, 2.45) is 0 Å². The van der Waals surface area contributed by atoms with Crippen LogP contribution in [0.15, 0.2) is 35.3 Å². The van der Waals surface area contributed by atoms with Gasteiger partial charge in [-0.1, -0.05) is 28.6 Å². The van der Waals surface area contributed by atoms with Crippen molar-refractivity contribution in [1.82, 2.24) is 0 Å². The van der Waals surface area contributed by atoms with Gasteiger partial charge in [-0.3, -0.25) is 0 Å². The van der Waals surface area contributed by atoms with Gasteiger partial charge in [0.2, 0.25) is 0 Å². The van der Waals surface area contributed by atoms with Gasteiger partial charge >= 0.3 is 5.97 Å². The molecule has 0 spiro atoms. The third kappa shape index (κ3) is 3.00. The first-order valence-corrected chi connectivity index (χ1v) is 5.21. The molecule has 1 rings (SSSR count). The molecule has 0 saturated carbocycles. The molecule has 0 aliphatic rings. The normalized spacial score (nSPS) is 9.62. The molecule has 0 aliphatic carbocycles. The molecule has 2 N–H and O–H groups in total. The van der Waals surface area contributed by atoms with Gasteiger partial charge in [-0.05, 0) is 18.2 Å². The molecule has 84 valence electrons. The van der Waals surface area contributed by atoms with Crippen molar-refractivity contribution in [2.45, 2.75) is 0 Å². The van der Waals surface area contributed by atoms with E-state index < -0.39 is 11.8 Å². The van der Waals surface area contributed by atoms with Crippen molar-refractivity contribution >= 4 is 27.6 Å². The van der Waals surface area contributed by atoms with E-state index in [-0.39, 0.29) is 17.9 Å². The number of esters is 1. The van der Waals surface area contributed by atoms with Gasteiger partial charge < -0.3 is 4.74 Å². The number of ether oxygens (including phenoxy) is 1. The summed E-state index contributed by atoms with van der Waals surface area (Å²) in [6, 6.07) is 4.15. The second-order valence-corrected chi connectivity index (χ2v) is 3.84. The highest BCUT2D eigenvalue weighted by atomic mass is 79.9. The zero-order valence-electron chi connectivity index (χ0n) is 8.37. The molecule has 0 aromatic heterocycles. The summed E-state index contributed by atoms with van der Waals surface area (Å²) < 4.78 is 18.7. The second-order valence-electron chi connectivity index (χ2n) is 2.92. The molecule has 0 aliphatic heterocycles. The molecule has 0 bridgehead atoms. The highest BCUT2D eigenvalue weighted by molar-refractivity contribution is 9.10. The number of rotatable bonds is 4. The Labute approximate surface area is 101 Å². The first-order chi connectivity index (χ1) is 7.56. The lowest BCUT2D eigenvalue weighted by molar-refractivity contribution is -0.151. The van der Waals surface area contributed by atoms with Gasteiger partial charge in [0.05, 0.1) is 5.56 Å². The number of benzene rings is 1.